The average molecular weight is 578 g/mol. The molecular weight excluding hydrogens is 542 g/mol. The molecule has 45 heavy (non-hydrogen) atoms. The molecule has 2 aliphatic rings. The molecule has 0 spiro atoms. The molecule has 1 nitrogen and oxygen atoms in total. The summed E-state index contributed by atoms with van der Waals surface area (Å²) in [4.78, 5) is 2.55. The lowest BCUT2D eigenvalue weighted by Gasteiger charge is -2.32. The summed E-state index contributed by atoms with van der Waals surface area (Å²) < 4.78 is 0. The van der Waals surface area contributed by atoms with Gasteiger partial charge in [-0.25, -0.2) is 0 Å². The van der Waals surface area contributed by atoms with Gasteiger partial charge in [-0.05, 0) is 79.4 Å². The zero-order valence-electron chi connectivity index (χ0n) is 26.2. The van der Waals surface area contributed by atoms with Crippen molar-refractivity contribution in [2.24, 2.45) is 0 Å². The predicted octanol–water partition coefficient (Wildman–Crippen LogP) is 12.1. The molecule has 0 saturated heterocycles. The van der Waals surface area contributed by atoms with Crippen LogP contribution in [0.25, 0.3) is 43.8 Å². The fourth-order valence-corrected chi connectivity index (χ4v) is 8.45. The molecule has 0 amide bonds. The molecule has 1 heteroatoms. The molecular formula is C44H35N. The van der Waals surface area contributed by atoms with E-state index >= 15 is 0 Å². The van der Waals surface area contributed by atoms with Crippen molar-refractivity contribution < 1.29 is 0 Å². The van der Waals surface area contributed by atoms with Crippen LogP contribution in [-0.4, -0.2) is 0 Å². The number of benzene rings is 7. The molecule has 0 heterocycles. The highest BCUT2D eigenvalue weighted by molar-refractivity contribution is 6.08. The lowest BCUT2D eigenvalue weighted by atomic mass is 9.80. The van der Waals surface area contributed by atoms with Gasteiger partial charge in [0.1, 0.15) is 0 Å². The number of nitrogens with zero attached hydrogens (tertiary/aromatic N) is 1. The highest BCUT2D eigenvalue weighted by Crippen LogP contribution is 2.58. The largest absolute Gasteiger partial charge is 0.309 e. The van der Waals surface area contributed by atoms with Crippen molar-refractivity contribution in [3.8, 4) is 22.3 Å². The maximum Gasteiger partial charge on any atom is 0.0549 e. The minimum atomic E-state index is -0.131. The minimum absolute atomic E-state index is 0.0910. The third kappa shape index (κ3) is 3.56. The van der Waals surface area contributed by atoms with E-state index in [4.69, 9.17) is 0 Å². The van der Waals surface area contributed by atoms with Crippen molar-refractivity contribution >= 4 is 38.6 Å². The van der Waals surface area contributed by atoms with Gasteiger partial charge in [-0.3, -0.25) is 0 Å². The Hall–Kier alpha value is -5.14. The van der Waals surface area contributed by atoms with Crippen LogP contribution < -0.4 is 4.90 Å². The molecule has 9 rings (SSSR count). The van der Waals surface area contributed by atoms with Crippen LogP contribution in [0.2, 0.25) is 0 Å². The Morgan fingerprint density at radius 1 is 0.422 bits per heavy atom. The fourth-order valence-electron chi connectivity index (χ4n) is 8.45. The van der Waals surface area contributed by atoms with Gasteiger partial charge >= 0.3 is 0 Å². The number of rotatable bonds is 3. The molecule has 0 saturated carbocycles. The molecule has 2 aliphatic carbocycles. The van der Waals surface area contributed by atoms with Gasteiger partial charge in [0.15, 0.2) is 0 Å². The maximum absolute atomic E-state index is 2.55. The van der Waals surface area contributed by atoms with Gasteiger partial charge in [0.25, 0.3) is 0 Å². The molecule has 0 bridgehead atoms. The molecule has 0 aromatic heterocycles. The smallest absolute Gasteiger partial charge is 0.0549 e. The van der Waals surface area contributed by atoms with Gasteiger partial charge in [0.05, 0.1) is 11.4 Å². The molecule has 0 fully saturated rings. The minimum Gasteiger partial charge on any atom is -0.309 e. The summed E-state index contributed by atoms with van der Waals surface area (Å²) in [5, 5.41) is 5.09. The second-order valence-electron chi connectivity index (χ2n) is 13.8. The Morgan fingerprint density at radius 2 is 1.02 bits per heavy atom. The molecule has 7 aromatic carbocycles. The summed E-state index contributed by atoms with van der Waals surface area (Å²) in [5.41, 5.74) is 14.3. The van der Waals surface area contributed by atoms with Crippen molar-refractivity contribution in [3.05, 3.63) is 162 Å². The van der Waals surface area contributed by atoms with Crippen LogP contribution in [0.15, 0.2) is 140 Å². The molecule has 0 radical (unpaired) electrons. The van der Waals surface area contributed by atoms with E-state index in [1.807, 2.05) is 0 Å². The standard InChI is InChI=1S/C44H35N/c1-43(2)36-21-11-9-19-33(36)34-25-24-30(27-38(34)43)45(39-23-13-16-28-14-5-7-17-31(28)39)40-26-29-15-6-8-18-32(29)42-41(40)35-20-10-12-22-37(35)44(42,3)4/h5-27H,1-4H3. The number of fused-ring (bicyclic) bond motifs is 9. The van der Waals surface area contributed by atoms with Crippen LogP contribution in [0.3, 0.4) is 0 Å². The molecule has 0 N–H and O–H groups in total. The monoisotopic (exact) mass is 577 g/mol. The van der Waals surface area contributed by atoms with E-state index in [-0.39, 0.29) is 10.8 Å². The first kappa shape index (κ1) is 26.3. The van der Waals surface area contributed by atoms with E-state index in [1.165, 1.54) is 83.1 Å². The summed E-state index contributed by atoms with van der Waals surface area (Å²) in [6, 6.07) is 52.0. The third-order valence-electron chi connectivity index (χ3n) is 10.6. The van der Waals surface area contributed by atoms with E-state index in [0.717, 1.165) is 0 Å². The van der Waals surface area contributed by atoms with Crippen molar-refractivity contribution in [3.63, 3.8) is 0 Å². The first-order valence-corrected chi connectivity index (χ1v) is 16.0. The number of anilines is 3. The van der Waals surface area contributed by atoms with Crippen LogP contribution in [0.1, 0.15) is 49.9 Å². The highest BCUT2D eigenvalue weighted by Gasteiger charge is 2.40. The maximum atomic E-state index is 2.55. The van der Waals surface area contributed by atoms with E-state index in [9.17, 15) is 0 Å². The molecule has 0 aliphatic heterocycles. The van der Waals surface area contributed by atoms with Gasteiger partial charge in [-0.15, -0.1) is 0 Å². The van der Waals surface area contributed by atoms with Gasteiger partial charge in [-0.1, -0.05) is 143 Å². The summed E-state index contributed by atoms with van der Waals surface area (Å²) >= 11 is 0. The second kappa shape index (κ2) is 9.19. The average Bonchev–Trinajstić information content (AvgIpc) is 3.45. The molecule has 0 unspecified atom stereocenters. The van der Waals surface area contributed by atoms with Gasteiger partial charge in [0, 0.05) is 27.5 Å². The van der Waals surface area contributed by atoms with Crippen LogP contribution in [0.5, 0.6) is 0 Å². The normalized spacial score (nSPS) is 15.0. The molecule has 0 atom stereocenters. The zero-order valence-corrected chi connectivity index (χ0v) is 26.2. The van der Waals surface area contributed by atoms with Crippen molar-refractivity contribution in [1.82, 2.24) is 0 Å². The Morgan fingerprint density at radius 3 is 1.82 bits per heavy atom. The van der Waals surface area contributed by atoms with Gasteiger partial charge in [-0.2, -0.15) is 0 Å². The van der Waals surface area contributed by atoms with Crippen LogP contribution in [0.4, 0.5) is 17.1 Å². The first-order valence-electron chi connectivity index (χ1n) is 16.0. The summed E-state index contributed by atoms with van der Waals surface area (Å²) in [6.07, 6.45) is 0. The number of hydrogen-bond acceptors (Lipinski definition) is 1. The lowest BCUT2D eigenvalue weighted by molar-refractivity contribution is 0.660. The Labute approximate surface area is 265 Å². The lowest BCUT2D eigenvalue weighted by Crippen LogP contribution is -2.18. The van der Waals surface area contributed by atoms with Gasteiger partial charge in [0.2, 0.25) is 0 Å². The van der Waals surface area contributed by atoms with Crippen molar-refractivity contribution in [2.75, 3.05) is 4.90 Å². The summed E-state index contributed by atoms with van der Waals surface area (Å²) in [7, 11) is 0. The number of hydrogen-bond donors (Lipinski definition) is 0. The summed E-state index contributed by atoms with van der Waals surface area (Å²) in [6.45, 7) is 9.53. The van der Waals surface area contributed by atoms with Crippen molar-refractivity contribution in [2.45, 2.75) is 38.5 Å². The van der Waals surface area contributed by atoms with E-state index in [1.54, 1.807) is 0 Å². The van der Waals surface area contributed by atoms with Crippen LogP contribution in [-0.2, 0) is 10.8 Å². The Kier molecular flexibility index (Phi) is 5.37. The molecule has 7 aromatic rings. The quantitative estimate of drug-likeness (QED) is 0.202. The van der Waals surface area contributed by atoms with Crippen LogP contribution in [0, 0.1) is 0 Å². The zero-order chi connectivity index (χ0) is 30.5. The molecule has 216 valence electrons. The fraction of sp³-hybridized carbons (Fsp3) is 0.136. The van der Waals surface area contributed by atoms with E-state index < -0.39 is 0 Å². The topological polar surface area (TPSA) is 3.24 Å². The third-order valence-corrected chi connectivity index (χ3v) is 10.6. The van der Waals surface area contributed by atoms with E-state index in [2.05, 4.69) is 172 Å². The Balaban J connectivity index is 1.41. The predicted molar refractivity (Wildman–Crippen MR) is 191 cm³/mol. The van der Waals surface area contributed by atoms with E-state index in [0.29, 0.717) is 0 Å². The first-order chi connectivity index (χ1) is 21.9. The van der Waals surface area contributed by atoms with Crippen LogP contribution >= 0.6 is 0 Å². The Bertz CT molecular complexity index is 2330. The van der Waals surface area contributed by atoms with Gasteiger partial charge < -0.3 is 4.90 Å². The highest BCUT2D eigenvalue weighted by atomic mass is 15.1. The van der Waals surface area contributed by atoms with Crippen molar-refractivity contribution in [1.29, 1.82) is 0 Å². The SMILES string of the molecule is CC1(C)c2ccccc2-c2ccc(N(c3cc4ccccc4c4c3-c3ccccc3C4(C)C)c3cccc4ccccc34)cc21. The summed E-state index contributed by atoms with van der Waals surface area (Å²) in [5.74, 6) is 0. The second-order valence-corrected chi connectivity index (χ2v) is 13.8.